The Morgan fingerprint density at radius 2 is 0.474 bits per heavy atom. The quantitative estimate of drug-likeness (QED) is 0.0261. The van der Waals surface area contributed by atoms with Crippen molar-refractivity contribution in [3.63, 3.8) is 0 Å². The van der Waals surface area contributed by atoms with Crippen LogP contribution in [0.2, 0.25) is 0 Å². The summed E-state index contributed by atoms with van der Waals surface area (Å²) in [5, 5.41) is 0. The Bertz CT molecular complexity index is 1360. The van der Waals surface area contributed by atoms with Crippen LogP contribution in [-0.2, 0) is 28.6 Å². The lowest BCUT2D eigenvalue weighted by atomic mass is 10.1. The second kappa shape index (κ2) is 64.6. The van der Waals surface area contributed by atoms with Crippen molar-refractivity contribution in [3.05, 3.63) is 60.8 Å². The van der Waals surface area contributed by atoms with Crippen molar-refractivity contribution in [2.45, 2.75) is 354 Å². The van der Waals surface area contributed by atoms with Crippen LogP contribution in [-0.4, -0.2) is 37.2 Å². The molecule has 0 bridgehead atoms. The minimum absolute atomic E-state index is 0.0787. The Morgan fingerprint density at radius 3 is 0.750 bits per heavy atom. The predicted octanol–water partition coefficient (Wildman–Crippen LogP) is 22.7. The third kappa shape index (κ3) is 62.0. The molecule has 0 radical (unpaired) electrons. The van der Waals surface area contributed by atoms with E-state index >= 15 is 0 Å². The molecule has 0 saturated heterocycles. The zero-order valence-electron chi connectivity index (χ0n) is 50.8. The van der Waals surface area contributed by atoms with Gasteiger partial charge in [-0.2, -0.15) is 0 Å². The first-order valence-electron chi connectivity index (χ1n) is 33.3. The fourth-order valence-corrected chi connectivity index (χ4v) is 9.68. The number of carbonyl (C=O) groups excluding carboxylic acids is 3. The van der Waals surface area contributed by atoms with Gasteiger partial charge in [0.2, 0.25) is 0 Å². The molecule has 1 unspecified atom stereocenters. The Labute approximate surface area is 472 Å². The molecule has 0 aliphatic heterocycles. The molecule has 0 heterocycles. The molecule has 6 heteroatoms. The van der Waals surface area contributed by atoms with Crippen molar-refractivity contribution in [1.29, 1.82) is 0 Å². The van der Waals surface area contributed by atoms with Crippen LogP contribution < -0.4 is 0 Å². The van der Waals surface area contributed by atoms with E-state index in [0.717, 1.165) is 77.0 Å². The van der Waals surface area contributed by atoms with Gasteiger partial charge in [-0.25, -0.2) is 0 Å². The molecule has 0 aromatic heterocycles. The molecule has 0 N–H and O–H groups in total. The van der Waals surface area contributed by atoms with Crippen molar-refractivity contribution in [3.8, 4) is 0 Å². The molecule has 0 spiro atoms. The second-order valence-corrected chi connectivity index (χ2v) is 22.4. The highest BCUT2D eigenvalue weighted by Gasteiger charge is 2.19. The van der Waals surface area contributed by atoms with Crippen molar-refractivity contribution in [2.24, 2.45) is 0 Å². The maximum atomic E-state index is 12.9. The van der Waals surface area contributed by atoms with Gasteiger partial charge in [-0.05, 0) is 109 Å². The van der Waals surface area contributed by atoms with E-state index < -0.39 is 6.10 Å². The number of allylic oxidation sites excluding steroid dienone is 10. The number of carbonyl (C=O) groups is 3. The summed E-state index contributed by atoms with van der Waals surface area (Å²) in [7, 11) is 0. The van der Waals surface area contributed by atoms with Gasteiger partial charge in [0.05, 0.1) is 0 Å². The Kier molecular flexibility index (Phi) is 62.2. The maximum Gasteiger partial charge on any atom is 0.306 e. The zero-order valence-corrected chi connectivity index (χ0v) is 50.8. The largest absolute Gasteiger partial charge is 0.462 e. The molecule has 6 nitrogen and oxygen atoms in total. The maximum absolute atomic E-state index is 12.9. The molecule has 0 aromatic rings. The van der Waals surface area contributed by atoms with E-state index in [2.05, 4.69) is 81.5 Å². The van der Waals surface area contributed by atoms with E-state index in [-0.39, 0.29) is 31.1 Å². The minimum atomic E-state index is -0.782. The van der Waals surface area contributed by atoms with Crippen molar-refractivity contribution >= 4 is 17.9 Å². The summed E-state index contributed by atoms with van der Waals surface area (Å²) in [6.07, 6.45) is 82.2. The van der Waals surface area contributed by atoms with Crippen LogP contribution in [0.4, 0.5) is 0 Å². The highest BCUT2D eigenvalue weighted by Crippen LogP contribution is 2.16. The summed E-state index contributed by atoms with van der Waals surface area (Å²) in [5.41, 5.74) is 0. The molecule has 0 saturated carbocycles. The predicted molar refractivity (Wildman–Crippen MR) is 330 cm³/mol. The third-order valence-corrected chi connectivity index (χ3v) is 14.7. The van der Waals surface area contributed by atoms with Gasteiger partial charge in [-0.1, -0.05) is 281 Å². The van der Waals surface area contributed by atoms with Gasteiger partial charge in [0.25, 0.3) is 0 Å². The second-order valence-electron chi connectivity index (χ2n) is 22.4. The molecule has 0 fully saturated rings. The van der Waals surface area contributed by atoms with Crippen molar-refractivity contribution in [2.75, 3.05) is 13.2 Å². The van der Waals surface area contributed by atoms with E-state index in [0.29, 0.717) is 19.3 Å². The van der Waals surface area contributed by atoms with Crippen LogP contribution in [0.15, 0.2) is 60.8 Å². The number of rotatable bonds is 61. The summed E-state index contributed by atoms with van der Waals surface area (Å²) in [6.45, 7) is 6.65. The number of hydrogen-bond donors (Lipinski definition) is 0. The molecule has 0 aromatic carbocycles. The summed E-state index contributed by atoms with van der Waals surface area (Å²) in [6, 6.07) is 0. The highest BCUT2D eigenvalue weighted by molar-refractivity contribution is 5.71. The molecule has 0 aliphatic rings. The van der Waals surface area contributed by atoms with Gasteiger partial charge in [0.15, 0.2) is 6.10 Å². The van der Waals surface area contributed by atoms with E-state index in [1.165, 1.54) is 231 Å². The summed E-state index contributed by atoms with van der Waals surface area (Å²) in [5.74, 6) is -0.877. The van der Waals surface area contributed by atoms with Gasteiger partial charge in [-0.3, -0.25) is 14.4 Å². The van der Waals surface area contributed by atoms with Crippen LogP contribution in [0.5, 0.6) is 0 Å². The van der Waals surface area contributed by atoms with Crippen LogP contribution in [0.1, 0.15) is 348 Å². The standard InChI is InChI=1S/C70H126O6/c1-4-7-10-13-16-19-22-25-28-31-32-33-34-35-36-37-38-40-42-45-48-51-54-57-60-63-69(72)75-66-67(65-74-68(71)62-59-56-53-50-47-44-41-30-27-24-21-18-15-12-9-6-3)76-70(73)64-61-58-55-52-49-46-43-39-29-26-23-20-17-14-11-8-5-2/h22,25-26,29-32,34-35,41,67H,4-21,23-24,27-28,33,36-40,42-66H2,1-3H3/b25-22-,29-26-,32-31-,35-34-,41-30-. The Morgan fingerprint density at radius 1 is 0.263 bits per heavy atom. The van der Waals surface area contributed by atoms with E-state index in [1.807, 2.05) is 0 Å². The number of esters is 3. The van der Waals surface area contributed by atoms with Gasteiger partial charge < -0.3 is 14.2 Å². The lowest BCUT2D eigenvalue weighted by molar-refractivity contribution is -0.167. The van der Waals surface area contributed by atoms with E-state index in [1.54, 1.807) is 0 Å². The average molecular weight is 1060 g/mol. The number of ether oxygens (including phenoxy) is 3. The van der Waals surface area contributed by atoms with Gasteiger partial charge >= 0.3 is 17.9 Å². The van der Waals surface area contributed by atoms with E-state index in [4.69, 9.17) is 14.2 Å². The summed E-state index contributed by atoms with van der Waals surface area (Å²) < 4.78 is 17.0. The third-order valence-electron chi connectivity index (χ3n) is 14.7. The molecule has 442 valence electrons. The molecular formula is C70H126O6. The minimum Gasteiger partial charge on any atom is -0.462 e. The molecule has 1 atom stereocenters. The van der Waals surface area contributed by atoms with Crippen LogP contribution in [0.25, 0.3) is 0 Å². The Hall–Kier alpha value is -2.89. The first kappa shape index (κ1) is 73.1. The molecule has 0 amide bonds. The van der Waals surface area contributed by atoms with Crippen LogP contribution in [0, 0.1) is 0 Å². The fraction of sp³-hybridized carbons (Fsp3) is 0.814. The molecular weight excluding hydrogens is 937 g/mol. The number of unbranched alkanes of at least 4 members (excludes halogenated alkanes) is 40. The van der Waals surface area contributed by atoms with E-state index in [9.17, 15) is 14.4 Å². The van der Waals surface area contributed by atoms with Gasteiger partial charge in [0, 0.05) is 19.3 Å². The highest BCUT2D eigenvalue weighted by atomic mass is 16.6. The fourth-order valence-electron chi connectivity index (χ4n) is 9.68. The number of hydrogen-bond acceptors (Lipinski definition) is 6. The average Bonchev–Trinajstić information content (AvgIpc) is 3.42. The summed E-state index contributed by atoms with van der Waals surface area (Å²) in [4.78, 5) is 38.4. The van der Waals surface area contributed by atoms with Gasteiger partial charge in [-0.15, -0.1) is 0 Å². The Balaban J connectivity index is 4.33. The lowest BCUT2D eigenvalue weighted by Gasteiger charge is -2.18. The first-order chi connectivity index (χ1) is 37.5. The molecule has 0 aliphatic carbocycles. The smallest absolute Gasteiger partial charge is 0.306 e. The zero-order chi connectivity index (χ0) is 55.0. The van der Waals surface area contributed by atoms with Gasteiger partial charge in [0.1, 0.15) is 13.2 Å². The normalized spacial score (nSPS) is 12.4. The topological polar surface area (TPSA) is 78.9 Å². The SMILES string of the molecule is CCCCCCC/C=C\C/C=C\C/C=C\CCCCCCCCCCCCC(=O)OCC(COC(=O)CCCCCCC/C=C\CCCCCCCCC)OC(=O)CCCCCCCCC/C=C\CCCCCCCC. The molecule has 76 heavy (non-hydrogen) atoms. The lowest BCUT2D eigenvalue weighted by Crippen LogP contribution is -2.30. The van der Waals surface area contributed by atoms with Crippen LogP contribution >= 0.6 is 0 Å². The first-order valence-corrected chi connectivity index (χ1v) is 33.3. The monoisotopic (exact) mass is 1060 g/mol. The van der Waals surface area contributed by atoms with Crippen LogP contribution in [0.3, 0.4) is 0 Å². The van der Waals surface area contributed by atoms with Crippen molar-refractivity contribution < 1.29 is 28.6 Å². The van der Waals surface area contributed by atoms with Crippen molar-refractivity contribution in [1.82, 2.24) is 0 Å². The molecule has 0 rings (SSSR count). The summed E-state index contributed by atoms with van der Waals surface area (Å²) >= 11 is 0.